The van der Waals surface area contributed by atoms with E-state index in [1.807, 2.05) is 0 Å². The predicted octanol–water partition coefficient (Wildman–Crippen LogP) is 0.238. The maximum absolute atomic E-state index is 12.3. The van der Waals surface area contributed by atoms with Crippen molar-refractivity contribution in [3.63, 3.8) is 0 Å². The smallest absolute Gasteiger partial charge is 0.192 e. The molecule has 8 N–H and O–H groups in total. The molecule has 0 saturated carbocycles. The molecule has 0 spiro atoms. The second-order valence-corrected chi connectivity index (χ2v) is 4.56. The zero-order valence-electron chi connectivity index (χ0n) is 9.89. The van der Waals surface area contributed by atoms with Crippen LogP contribution in [0.2, 0.25) is 0 Å². The maximum Gasteiger partial charge on any atom is 0.192 e. The molecule has 1 aliphatic carbocycles. The molecule has 5 heteroatoms. The number of nitrogen functional groups attached to an aromatic ring is 1. The van der Waals surface area contributed by atoms with Crippen LogP contribution >= 0.6 is 0 Å². The molecule has 0 unspecified atom stereocenters. The zero-order valence-corrected chi connectivity index (χ0v) is 9.89. The highest BCUT2D eigenvalue weighted by Crippen LogP contribution is 2.21. The van der Waals surface area contributed by atoms with Crippen molar-refractivity contribution in [3.8, 4) is 0 Å². The number of hydrogen-bond acceptors (Lipinski definition) is 5. The van der Waals surface area contributed by atoms with E-state index in [4.69, 9.17) is 22.9 Å². The third-order valence-corrected chi connectivity index (χ3v) is 2.69. The van der Waals surface area contributed by atoms with Crippen LogP contribution in [0.4, 0.5) is 5.69 Å². The van der Waals surface area contributed by atoms with Gasteiger partial charge in [-0.3, -0.25) is 4.79 Å². The van der Waals surface area contributed by atoms with Crippen LogP contribution in [-0.2, 0) is 0 Å². The van der Waals surface area contributed by atoms with E-state index in [1.165, 1.54) is 6.08 Å². The SMILES string of the molecule is NC1=CC(C(=O)c2cccc(N)c2)=CC(N)(N)C1. The van der Waals surface area contributed by atoms with Gasteiger partial charge in [0.2, 0.25) is 0 Å². The quantitative estimate of drug-likeness (QED) is 0.337. The molecule has 0 radical (unpaired) electrons. The molecule has 0 atom stereocenters. The summed E-state index contributed by atoms with van der Waals surface area (Å²) in [4.78, 5) is 12.3. The summed E-state index contributed by atoms with van der Waals surface area (Å²) in [6.45, 7) is 0. The minimum atomic E-state index is -1.08. The largest absolute Gasteiger partial charge is 0.402 e. The number of allylic oxidation sites excluding steroid dienone is 2. The summed E-state index contributed by atoms with van der Waals surface area (Å²) in [5.41, 5.74) is 23.8. The van der Waals surface area contributed by atoms with Crippen LogP contribution in [0.1, 0.15) is 16.8 Å². The van der Waals surface area contributed by atoms with Crippen LogP contribution in [0, 0.1) is 0 Å². The third kappa shape index (κ3) is 2.58. The van der Waals surface area contributed by atoms with Crippen LogP contribution in [0.25, 0.3) is 0 Å². The van der Waals surface area contributed by atoms with Gasteiger partial charge in [-0.05, 0) is 24.3 Å². The summed E-state index contributed by atoms with van der Waals surface area (Å²) in [6.07, 6.45) is 3.47. The van der Waals surface area contributed by atoms with Crippen molar-refractivity contribution in [1.82, 2.24) is 0 Å². The molecule has 0 saturated heterocycles. The Morgan fingerprint density at radius 1 is 1.22 bits per heavy atom. The number of anilines is 1. The Morgan fingerprint density at radius 3 is 2.56 bits per heavy atom. The topological polar surface area (TPSA) is 121 Å². The van der Waals surface area contributed by atoms with Gasteiger partial charge in [0.15, 0.2) is 5.78 Å². The summed E-state index contributed by atoms with van der Waals surface area (Å²) in [5.74, 6) is -0.190. The highest BCUT2D eigenvalue weighted by molar-refractivity contribution is 6.11. The molecule has 1 aromatic carbocycles. The van der Waals surface area contributed by atoms with Crippen molar-refractivity contribution in [2.24, 2.45) is 17.2 Å². The average Bonchev–Trinajstić information content (AvgIpc) is 2.25. The second kappa shape index (κ2) is 4.29. The Balaban J connectivity index is 2.38. The Morgan fingerprint density at radius 2 is 1.94 bits per heavy atom. The van der Waals surface area contributed by atoms with Crippen molar-refractivity contribution in [3.05, 3.63) is 53.3 Å². The second-order valence-electron chi connectivity index (χ2n) is 4.56. The number of hydrogen-bond donors (Lipinski definition) is 4. The highest BCUT2D eigenvalue weighted by atomic mass is 16.1. The van der Waals surface area contributed by atoms with E-state index in [2.05, 4.69) is 0 Å². The van der Waals surface area contributed by atoms with E-state index < -0.39 is 5.66 Å². The zero-order chi connectivity index (χ0) is 13.3. The first kappa shape index (κ1) is 12.3. The van der Waals surface area contributed by atoms with Gasteiger partial charge >= 0.3 is 0 Å². The molecule has 18 heavy (non-hydrogen) atoms. The van der Waals surface area contributed by atoms with Gasteiger partial charge in [-0.25, -0.2) is 0 Å². The molecule has 5 nitrogen and oxygen atoms in total. The number of carbonyl (C=O) groups is 1. The van der Waals surface area contributed by atoms with E-state index in [9.17, 15) is 4.79 Å². The van der Waals surface area contributed by atoms with Crippen LogP contribution in [0.3, 0.4) is 0 Å². The fraction of sp³-hybridized carbons (Fsp3) is 0.154. The minimum absolute atomic E-state index is 0.190. The molecule has 2 rings (SSSR count). The van der Waals surface area contributed by atoms with Gasteiger partial charge in [-0.1, -0.05) is 12.1 Å². The molecule has 1 aliphatic rings. The molecule has 0 amide bonds. The summed E-state index contributed by atoms with van der Waals surface area (Å²) >= 11 is 0. The first-order valence-corrected chi connectivity index (χ1v) is 5.54. The fourth-order valence-corrected chi connectivity index (χ4v) is 1.96. The number of ketones is 1. The van der Waals surface area contributed by atoms with Gasteiger partial charge in [-0.15, -0.1) is 0 Å². The summed E-state index contributed by atoms with van der Waals surface area (Å²) < 4.78 is 0. The average molecular weight is 244 g/mol. The molecule has 0 bridgehead atoms. The molecule has 0 aromatic heterocycles. The first-order chi connectivity index (χ1) is 8.37. The van der Waals surface area contributed by atoms with E-state index >= 15 is 0 Å². The summed E-state index contributed by atoms with van der Waals surface area (Å²) in [5, 5.41) is 0. The van der Waals surface area contributed by atoms with Gasteiger partial charge in [0.1, 0.15) is 0 Å². The molecule has 94 valence electrons. The van der Waals surface area contributed by atoms with Crippen molar-refractivity contribution < 1.29 is 4.79 Å². The molecular formula is C13H16N4O. The number of nitrogens with two attached hydrogens (primary N) is 4. The van der Waals surface area contributed by atoms with Gasteiger partial charge in [0, 0.05) is 28.9 Å². The van der Waals surface area contributed by atoms with Gasteiger partial charge in [0.05, 0.1) is 5.66 Å². The van der Waals surface area contributed by atoms with Crippen molar-refractivity contribution in [2.75, 3.05) is 5.73 Å². The molecule has 1 aromatic rings. The molecule has 0 aliphatic heterocycles. The Hall–Kier alpha value is -2.11. The lowest BCUT2D eigenvalue weighted by Crippen LogP contribution is -2.50. The first-order valence-electron chi connectivity index (χ1n) is 5.54. The van der Waals surface area contributed by atoms with Gasteiger partial charge in [-0.2, -0.15) is 0 Å². The van der Waals surface area contributed by atoms with Gasteiger partial charge < -0.3 is 22.9 Å². The van der Waals surface area contributed by atoms with Crippen LogP contribution < -0.4 is 22.9 Å². The van der Waals surface area contributed by atoms with Crippen molar-refractivity contribution in [1.29, 1.82) is 0 Å². The van der Waals surface area contributed by atoms with E-state index in [-0.39, 0.29) is 5.78 Å². The van der Waals surface area contributed by atoms with E-state index in [0.717, 1.165) is 0 Å². The van der Waals surface area contributed by atoms with Crippen molar-refractivity contribution in [2.45, 2.75) is 12.1 Å². The van der Waals surface area contributed by atoms with Crippen LogP contribution in [0.15, 0.2) is 47.7 Å². The van der Waals surface area contributed by atoms with Crippen molar-refractivity contribution >= 4 is 11.5 Å². The Kier molecular flexibility index (Phi) is 2.94. The van der Waals surface area contributed by atoms with Crippen LogP contribution in [-0.4, -0.2) is 11.4 Å². The summed E-state index contributed by atoms with van der Waals surface area (Å²) in [6, 6.07) is 6.73. The van der Waals surface area contributed by atoms with Crippen LogP contribution in [0.5, 0.6) is 0 Å². The maximum atomic E-state index is 12.3. The number of rotatable bonds is 2. The lowest BCUT2D eigenvalue weighted by atomic mass is 9.91. The monoisotopic (exact) mass is 244 g/mol. The Bertz CT molecular complexity index is 558. The highest BCUT2D eigenvalue weighted by Gasteiger charge is 2.25. The fourth-order valence-electron chi connectivity index (χ4n) is 1.96. The van der Waals surface area contributed by atoms with E-state index in [0.29, 0.717) is 28.9 Å². The molecule has 0 fully saturated rings. The number of carbonyl (C=O) groups excluding carboxylic acids is 1. The lowest BCUT2D eigenvalue weighted by Gasteiger charge is -2.25. The predicted molar refractivity (Wildman–Crippen MR) is 71.3 cm³/mol. The normalized spacial score (nSPS) is 17.9. The standard InChI is InChI=1S/C13H16N4O/c14-10-3-1-2-8(4-10)12(18)9-5-11(15)7-13(16,17)6-9/h1-6H,7,14-17H2. The molecular weight excluding hydrogens is 228 g/mol. The minimum Gasteiger partial charge on any atom is -0.402 e. The lowest BCUT2D eigenvalue weighted by molar-refractivity contribution is 0.103. The summed E-state index contributed by atoms with van der Waals surface area (Å²) in [7, 11) is 0. The number of Topliss-reactive ketones (excluding diaryl/α,β-unsaturated/α-hetero) is 1. The Labute approximate surface area is 105 Å². The van der Waals surface area contributed by atoms with E-state index in [1.54, 1.807) is 30.3 Å². The molecule has 0 heterocycles. The third-order valence-electron chi connectivity index (χ3n) is 2.69. The van der Waals surface area contributed by atoms with Gasteiger partial charge in [0.25, 0.3) is 0 Å². The number of benzene rings is 1.